The fourth-order valence-electron chi connectivity index (χ4n) is 4.42. The van der Waals surface area contributed by atoms with E-state index in [4.69, 9.17) is 17.0 Å². The summed E-state index contributed by atoms with van der Waals surface area (Å²) in [6.07, 6.45) is 0. The van der Waals surface area contributed by atoms with Crippen LogP contribution in [-0.4, -0.2) is 40.6 Å². The van der Waals surface area contributed by atoms with Gasteiger partial charge in [-0.1, -0.05) is 72.5 Å². The first kappa shape index (κ1) is 24.7. The Kier molecular flexibility index (Phi) is 6.82. The van der Waals surface area contributed by atoms with Gasteiger partial charge in [0.1, 0.15) is 16.6 Å². The number of hydrogen-bond acceptors (Lipinski definition) is 6. The van der Waals surface area contributed by atoms with Crippen molar-refractivity contribution < 1.29 is 19.1 Å². The fraction of sp³-hybridized carbons (Fsp3) is 0.143. The van der Waals surface area contributed by atoms with Gasteiger partial charge < -0.3 is 10.1 Å². The molecule has 5 rings (SSSR count). The van der Waals surface area contributed by atoms with Crippen molar-refractivity contribution in [2.75, 3.05) is 23.9 Å². The molecule has 0 bridgehead atoms. The van der Waals surface area contributed by atoms with Gasteiger partial charge in [-0.3, -0.25) is 24.2 Å². The summed E-state index contributed by atoms with van der Waals surface area (Å²) in [5, 5.41) is 2.81. The number of amides is 3. The summed E-state index contributed by atoms with van der Waals surface area (Å²) in [5.74, 6) is -0.405. The standard InChI is InChI=1S/C28H23N3O4S2/c1-17(18-8-4-3-5-9-18)31-27(34)25(37-28(31)36)24-21-10-6-7-11-22(21)30(26(24)33)16-23(32)29-19-12-14-20(35-2)15-13-19/h3-15,17H,16H2,1-2H3,(H,29,32)/b25-24-/t17-/m1/s1. The van der Waals surface area contributed by atoms with E-state index in [0.717, 1.165) is 17.3 Å². The van der Waals surface area contributed by atoms with Crippen LogP contribution in [0.5, 0.6) is 5.75 Å². The van der Waals surface area contributed by atoms with E-state index in [1.807, 2.05) is 37.3 Å². The van der Waals surface area contributed by atoms with Crippen molar-refractivity contribution in [2.24, 2.45) is 0 Å². The molecule has 1 fully saturated rings. The van der Waals surface area contributed by atoms with Gasteiger partial charge in [0, 0.05) is 11.3 Å². The molecule has 2 aliphatic heterocycles. The Morgan fingerprint density at radius 3 is 2.35 bits per heavy atom. The summed E-state index contributed by atoms with van der Waals surface area (Å²) >= 11 is 6.69. The molecule has 7 nitrogen and oxygen atoms in total. The first-order valence-corrected chi connectivity index (χ1v) is 12.8. The lowest BCUT2D eigenvalue weighted by Crippen LogP contribution is -2.35. The molecule has 0 saturated carbocycles. The van der Waals surface area contributed by atoms with E-state index in [1.165, 1.54) is 4.90 Å². The fourth-order valence-corrected chi connectivity index (χ4v) is 5.91. The number of ether oxygens (including phenoxy) is 1. The zero-order valence-corrected chi connectivity index (χ0v) is 21.8. The highest BCUT2D eigenvalue weighted by Gasteiger charge is 2.43. The van der Waals surface area contributed by atoms with Gasteiger partial charge >= 0.3 is 0 Å². The summed E-state index contributed by atoms with van der Waals surface area (Å²) in [6, 6.07) is 23.4. The maximum absolute atomic E-state index is 13.7. The summed E-state index contributed by atoms with van der Waals surface area (Å²) in [7, 11) is 1.57. The van der Waals surface area contributed by atoms with Gasteiger partial charge in [0.2, 0.25) is 5.91 Å². The third kappa shape index (κ3) is 4.63. The second-order valence-corrected chi connectivity index (χ2v) is 10.2. The molecule has 0 aliphatic carbocycles. The lowest BCUT2D eigenvalue weighted by Gasteiger charge is -2.23. The molecule has 37 heavy (non-hydrogen) atoms. The molecule has 3 aromatic carbocycles. The lowest BCUT2D eigenvalue weighted by molar-refractivity contribution is -0.123. The molecule has 9 heteroatoms. The SMILES string of the molecule is COc1ccc(NC(=O)CN2C(=O)/C(=C3\SC(=S)N([C@H](C)c4ccccc4)C3=O)c3ccccc32)cc1. The van der Waals surface area contributed by atoms with Crippen molar-refractivity contribution in [3.63, 3.8) is 0 Å². The van der Waals surface area contributed by atoms with Crippen molar-refractivity contribution in [3.05, 3.63) is 94.9 Å². The van der Waals surface area contributed by atoms with Gasteiger partial charge in [-0.2, -0.15) is 0 Å². The number of anilines is 2. The first-order valence-electron chi connectivity index (χ1n) is 11.6. The number of nitrogens with zero attached hydrogens (tertiary/aromatic N) is 2. The average molecular weight is 530 g/mol. The molecule has 186 valence electrons. The molecule has 0 radical (unpaired) electrons. The Hall–Kier alpha value is -3.95. The van der Waals surface area contributed by atoms with Gasteiger partial charge in [-0.25, -0.2) is 0 Å². The largest absolute Gasteiger partial charge is 0.497 e. The first-order chi connectivity index (χ1) is 17.9. The van der Waals surface area contributed by atoms with Crippen LogP contribution in [0.3, 0.4) is 0 Å². The number of hydrogen-bond donors (Lipinski definition) is 1. The molecule has 3 aromatic rings. The quantitative estimate of drug-likeness (QED) is 0.357. The summed E-state index contributed by atoms with van der Waals surface area (Å²) in [5.41, 5.74) is 2.99. The van der Waals surface area contributed by atoms with Crippen LogP contribution in [0.2, 0.25) is 0 Å². The monoisotopic (exact) mass is 529 g/mol. The van der Waals surface area contributed by atoms with E-state index >= 15 is 0 Å². The number of para-hydroxylation sites is 1. The Labute approximate surface area is 224 Å². The molecule has 0 spiro atoms. The van der Waals surface area contributed by atoms with E-state index in [9.17, 15) is 14.4 Å². The second-order valence-electron chi connectivity index (χ2n) is 8.52. The predicted molar refractivity (Wildman–Crippen MR) is 149 cm³/mol. The average Bonchev–Trinajstić information content (AvgIpc) is 3.36. The third-order valence-electron chi connectivity index (χ3n) is 6.29. The minimum atomic E-state index is -0.404. The molecular weight excluding hydrogens is 506 g/mol. The van der Waals surface area contributed by atoms with E-state index in [1.54, 1.807) is 60.5 Å². The van der Waals surface area contributed by atoms with Crippen molar-refractivity contribution in [1.82, 2.24) is 4.90 Å². The number of carbonyl (C=O) groups excluding carboxylic acids is 3. The van der Waals surface area contributed by atoms with Crippen LogP contribution in [0.15, 0.2) is 83.8 Å². The smallest absolute Gasteiger partial charge is 0.267 e. The highest BCUT2D eigenvalue weighted by Crippen LogP contribution is 2.46. The molecule has 3 amide bonds. The van der Waals surface area contributed by atoms with Crippen molar-refractivity contribution in [2.45, 2.75) is 13.0 Å². The maximum Gasteiger partial charge on any atom is 0.267 e. The van der Waals surface area contributed by atoms with Crippen LogP contribution >= 0.6 is 24.0 Å². The van der Waals surface area contributed by atoms with Crippen LogP contribution in [0.25, 0.3) is 5.57 Å². The van der Waals surface area contributed by atoms with E-state index < -0.39 is 5.91 Å². The number of methoxy groups -OCH3 is 1. The Balaban J connectivity index is 1.43. The van der Waals surface area contributed by atoms with E-state index in [2.05, 4.69) is 5.32 Å². The highest BCUT2D eigenvalue weighted by atomic mass is 32.2. The van der Waals surface area contributed by atoms with Crippen LogP contribution in [0.1, 0.15) is 24.1 Å². The zero-order valence-electron chi connectivity index (χ0n) is 20.1. The minimum Gasteiger partial charge on any atom is -0.497 e. The normalized spacial score (nSPS) is 17.7. The maximum atomic E-state index is 13.7. The molecule has 1 atom stereocenters. The molecule has 2 aliphatic rings. The summed E-state index contributed by atoms with van der Waals surface area (Å²) < 4.78 is 5.54. The Morgan fingerprint density at radius 2 is 1.65 bits per heavy atom. The molecule has 1 N–H and O–H groups in total. The predicted octanol–water partition coefficient (Wildman–Crippen LogP) is 5.01. The van der Waals surface area contributed by atoms with Crippen molar-refractivity contribution in [3.8, 4) is 5.75 Å². The number of benzene rings is 3. The van der Waals surface area contributed by atoms with Crippen LogP contribution in [0, 0.1) is 0 Å². The molecule has 1 saturated heterocycles. The summed E-state index contributed by atoms with van der Waals surface area (Å²) in [4.78, 5) is 43.4. The van der Waals surface area contributed by atoms with Crippen LogP contribution < -0.4 is 15.0 Å². The number of rotatable bonds is 6. The highest BCUT2D eigenvalue weighted by molar-refractivity contribution is 8.26. The van der Waals surface area contributed by atoms with Gasteiger partial charge in [0.25, 0.3) is 11.8 Å². The Bertz CT molecular complexity index is 1440. The number of nitrogens with one attached hydrogen (secondary N) is 1. The molecule has 0 unspecified atom stereocenters. The molecular formula is C28H23N3O4S2. The number of thiocarbonyl (C=S) groups is 1. The second kappa shape index (κ2) is 10.2. The topological polar surface area (TPSA) is 79.0 Å². The zero-order chi connectivity index (χ0) is 26.1. The third-order valence-corrected chi connectivity index (χ3v) is 7.70. The van der Waals surface area contributed by atoms with Crippen LogP contribution in [-0.2, 0) is 14.4 Å². The van der Waals surface area contributed by atoms with Crippen LogP contribution in [0.4, 0.5) is 11.4 Å². The molecule has 0 aromatic heterocycles. The lowest BCUT2D eigenvalue weighted by atomic mass is 10.1. The van der Waals surface area contributed by atoms with Gasteiger partial charge in [-0.15, -0.1) is 0 Å². The van der Waals surface area contributed by atoms with Gasteiger partial charge in [-0.05, 0) is 42.8 Å². The van der Waals surface area contributed by atoms with E-state index in [0.29, 0.717) is 27.0 Å². The van der Waals surface area contributed by atoms with E-state index in [-0.39, 0.29) is 34.9 Å². The number of fused-ring (bicyclic) bond motifs is 1. The Morgan fingerprint density at radius 1 is 0.973 bits per heavy atom. The number of thioether (sulfide) groups is 1. The minimum absolute atomic E-state index is 0.202. The molecule has 2 heterocycles. The number of carbonyl (C=O) groups is 3. The van der Waals surface area contributed by atoms with Gasteiger partial charge in [0.05, 0.1) is 29.3 Å². The van der Waals surface area contributed by atoms with Crippen molar-refractivity contribution >= 4 is 63.0 Å². The van der Waals surface area contributed by atoms with Crippen molar-refractivity contribution in [1.29, 1.82) is 0 Å². The summed E-state index contributed by atoms with van der Waals surface area (Å²) in [6.45, 7) is 1.71. The van der Waals surface area contributed by atoms with Gasteiger partial charge in [0.15, 0.2) is 0 Å².